The summed E-state index contributed by atoms with van der Waals surface area (Å²) < 4.78 is 0. The van der Waals surface area contributed by atoms with Crippen LogP contribution >= 0.6 is 0 Å². The van der Waals surface area contributed by atoms with Crippen LogP contribution in [-0.4, -0.2) is 30.5 Å². The third kappa shape index (κ3) is 3.27. The highest BCUT2D eigenvalue weighted by Gasteiger charge is 2.35. The molecule has 1 atom stereocenters. The minimum Gasteiger partial charge on any atom is -0.339 e. The second-order valence-corrected chi connectivity index (χ2v) is 6.48. The van der Waals surface area contributed by atoms with Gasteiger partial charge in [0.25, 0.3) is 0 Å². The lowest BCUT2D eigenvalue weighted by atomic mass is 9.95. The van der Waals surface area contributed by atoms with Crippen LogP contribution in [-0.2, 0) is 16.1 Å². The molecule has 2 fully saturated rings. The quantitative estimate of drug-likeness (QED) is 0.848. The van der Waals surface area contributed by atoms with E-state index in [-0.39, 0.29) is 5.91 Å². The topological polar surface area (TPSA) is 41.6 Å². The Morgan fingerprint density at radius 1 is 1.23 bits per heavy atom. The molecule has 4 heteroatoms. The molecule has 0 aromatic heterocycles. The maximum atomic E-state index is 12.8. The molecule has 1 aliphatic carbocycles. The number of benzene rings is 1. The average Bonchev–Trinajstić information content (AvgIpc) is 3.20. The zero-order valence-corrected chi connectivity index (χ0v) is 13.4. The average molecular weight is 302 g/mol. The van der Waals surface area contributed by atoms with Crippen molar-refractivity contribution in [2.45, 2.75) is 51.0 Å². The molecule has 1 saturated carbocycles. The van der Waals surface area contributed by atoms with Gasteiger partial charge < -0.3 is 4.90 Å². The molecular weight excluding hydrogens is 276 g/mol. The number of hydrogen-bond donors (Lipinski definition) is 1. The zero-order valence-electron chi connectivity index (χ0n) is 13.4. The van der Waals surface area contributed by atoms with E-state index < -0.39 is 0 Å². The molecule has 4 nitrogen and oxygen atoms in total. The molecule has 1 aromatic carbocycles. The van der Waals surface area contributed by atoms with Crippen molar-refractivity contribution in [3.8, 4) is 0 Å². The third-order valence-corrected chi connectivity index (χ3v) is 5.13. The van der Waals surface area contributed by atoms with Crippen molar-refractivity contribution >= 4 is 11.6 Å². The van der Waals surface area contributed by atoms with Crippen LogP contribution in [0.3, 0.4) is 0 Å². The van der Waals surface area contributed by atoms with Crippen molar-refractivity contribution in [2.24, 2.45) is 5.92 Å². The van der Waals surface area contributed by atoms with E-state index in [2.05, 4.69) is 10.4 Å². The summed E-state index contributed by atoms with van der Waals surface area (Å²) in [6.45, 7) is 0.930. The number of amides is 1. The first-order valence-corrected chi connectivity index (χ1v) is 8.46. The maximum absolute atomic E-state index is 12.8. The second-order valence-electron chi connectivity index (χ2n) is 6.48. The van der Waals surface area contributed by atoms with Gasteiger partial charge in [-0.25, -0.2) is 0 Å². The SMILES string of the molecule is CONc1ccccc1CC(=O)N1CCCC1C1CCCC1. The Morgan fingerprint density at radius 2 is 2.00 bits per heavy atom. The Labute approximate surface area is 132 Å². The lowest BCUT2D eigenvalue weighted by molar-refractivity contribution is -0.132. The number of nitrogens with one attached hydrogen (secondary N) is 1. The summed E-state index contributed by atoms with van der Waals surface area (Å²) in [6, 6.07) is 8.36. The molecule has 1 aromatic rings. The summed E-state index contributed by atoms with van der Waals surface area (Å²) in [6.07, 6.45) is 8.08. The Hall–Kier alpha value is -1.55. The van der Waals surface area contributed by atoms with Crippen LogP contribution in [0, 0.1) is 5.92 Å². The molecular formula is C18H26N2O2. The van der Waals surface area contributed by atoms with Crippen molar-refractivity contribution in [1.82, 2.24) is 4.90 Å². The number of likely N-dealkylation sites (tertiary alicyclic amines) is 1. The van der Waals surface area contributed by atoms with Crippen molar-refractivity contribution in [3.05, 3.63) is 29.8 Å². The van der Waals surface area contributed by atoms with Gasteiger partial charge in [-0.1, -0.05) is 31.0 Å². The number of para-hydroxylation sites is 1. The fourth-order valence-electron chi connectivity index (χ4n) is 4.08. The van der Waals surface area contributed by atoms with E-state index in [1.807, 2.05) is 24.3 Å². The lowest BCUT2D eigenvalue weighted by Gasteiger charge is -2.29. The van der Waals surface area contributed by atoms with Gasteiger partial charge in [0, 0.05) is 12.6 Å². The van der Waals surface area contributed by atoms with Crippen molar-refractivity contribution < 1.29 is 9.63 Å². The van der Waals surface area contributed by atoms with Crippen molar-refractivity contribution in [1.29, 1.82) is 0 Å². The minimum atomic E-state index is 0.264. The number of anilines is 1. The summed E-state index contributed by atoms with van der Waals surface area (Å²) in [4.78, 5) is 20.0. The highest BCUT2D eigenvalue weighted by molar-refractivity contribution is 5.81. The Bertz CT molecular complexity index is 512. The molecule has 0 bridgehead atoms. The summed E-state index contributed by atoms with van der Waals surface area (Å²) in [5.74, 6) is 0.999. The van der Waals surface area contributed by atoms with Gasteiger partial charge in [-0.15, -0.1) is 0 Å². The maximum Gasteiger partial charge on any atom is 0.227 e. The molecule has 1 aliphatic heterocycles. The van der Waals surface area contributed by atoms with E-state index in [4.69, 9.17) is 4.84 Å². The van der Waals surface area contributed by atoms with Gasteiger partial charge in [-0.2, -0.15) is 0 Å². The number of carbonyl (C=O) groups excluding carboxylic acids is 1. The fourth-order valence-corrected chi connectivity index (χ4v) is 4.08. The number of carbonyl (C=O) groups is 1. The third-order valence-electron chi connectivity index (χ3n) is 5.13. The van der Waals surface area contributed by atoms with Crippen LogP contribution in [0.1, 0.15) is 44.1 Å². The Kier molecular flexibility index (Phi) is 4.98. The Morgan fingerprint density at radius 3 is 2.77 bits per heavy atom. The summed E-state index contributed by atoms with van der Waals surface area (Å²) >= 11 is 0. The van der Waals surface area contributed by atoms with Gasteiger partial charge >= 0.3 is 0 Å². The molecule has 120 valence electrons. The first kappa shape index (κ1) is 15.3. The van der Waals surface area contributed by atoms with E-state index in [1.54, 1.807) is 7.11 Å². The van der Waals surface area contributed by atoms with Crippen molar-refractivity contribution in [3.63, 3.8) is 0 Å². The predicted octanol–water partition coefficient (Wildman–Crippen LogP) is 3.38. The van der Waals surface area contributed by atoms with E-state index in [0.29, 0.717) is 12.5 Å². The second kappa shape index (κ2) is 7.14. The smallest absolute Gasteiger partial charge is 0.227 e. The summed E-state index contributed by atoms with van der Waals surface area (Å²) in [5, 5.41) is 0. The van der Waals surface area contributed by atoms with E-state index in [9.17, 15) is 4.79 Å². The van der Waals surface area contributed by atoms with Crippen LogP contribution in [0.4, 0.5) is 5.69 Å². The molecule has 1 amide bonds. The number of rotatable bonds is 5. The fraction of sp³-hybridized carbons (Fsp3) is 0.611. The van der Waals surface area contributed by atoms with Crippen LogP contribution in [0.25, 0.3) is 0 Å². The summed E-state index contributed by atoms with van der Waals surface area (Å²) in [5.41, 5.74) is 4.76. The van der Waals surface area contributed by atoms with Crippen LogP contribution in [0.15, 0.2) is 24.3 Å². The number of nitrogens with zero attached hydrogens (tertiary/aromatic N) is 1. The molecule has 2 aliphatic rings. The molecule has 0 spiro atoms. The van der Waals surface area contributed by atoms with Gasteiger partial charge in [0.05, 0.1) is 19.2 Å². The van der Waals surface area contributed by atoms with E-state index >= 15 is 0 Å². The first-order chi connectivity index (χ1) is 10.8. The predicted molar refractivity (Wildman–Crippen MR) is 87.5 cm³/mol. The normalized spacial score (nSPS) is 22.2. The molecule has 1 N–H and O–H groups in total. The monoisotopic (exact) mass is 302 g/mol. The van der Waals surface area contributed by atoms with Gasteiger partial charge in [-0.3, -0.25) is 15.1 Å². The van der Waals surface area contributed by atoms with E-state index in [0.717, 1.165) is 30.1 Å². The lowest BCUT2D eigenvalue weighted by Crippen LogP contribution is -2.40. The standard InChI is InChI=1S/C18H26N2O2/c1-22-19-16-10-5-4-9-15(16)13-18(21)20-12-6-11-17(20)14-7-2-3-8-14/h4-5,9-10,14,17,19H,2-3,6-8,11-13H2,1H3. The first-order valence-electron chi connectivity index (χ1n) is 8.46. The van der Waals surface area contributed by atoms with Gasteiger partial charge in [0.15, 0.2) is 0 Å². The highest BCUT2D eigenvalue weighted by atomic mass is 16.6. The molecule has 1 heterocycles. The summed E-state index contributed by atoms with van der Waals surface area (Å²) in [7, 11) is 1.59. The van der Waals surface area contributed by atoms with Gasteiger partial charge in [-0.05, 0) is 43.2 Å². The van der Waals surface area contributed by atoms with Gasteiger partial charge in [0.1, 0.15) is 0 Å². The molecule has 22 heavy (non-hydrogen) atoms. The molecule has 3 rings (SSSR count). The Balaban J connectivity index is 1.68. The molecule has 1 unspecified atom stereocenters. The molecule has 0 radical (unpaired) electrons. The molecule has 1 saturated heterocycles. The highest BCUT2D eigenvalue weighted by Crippen LogP contribution is 2.35. The van der Waals surface area contributed by atoms with E-state index in [1.165, 1.54) is 32.1 Å². The van der Waals surface area contributed by atoms with Crippen LogP contribution in [0.5, 0.6) is 0 Å². The number of hydrogen-bond acceptors (Lipinski definition) is 3. The largest absolute Gasteiger partial charge is 0.339 e. The van der Waals surface area contributed by atoms with Crippen molar-refractivity contribution in [2.75, 3.05) is 19.1 Å². The van der Waals surface area contributed by atoms with Gasteiger partial charge in [0.2, 0.25) is 5.91 Å². The zero-order chi connectivity index (χ0) is 15.4. The minimum absolute atomic E-state index is 0.264. The van der Waals surface area contributed by atoms with Crippen LogP contribution < -0.4 is 5.48 Å². The van der Waals surface area contributed by atoms with Crippen LogP contribution in [0.2, 0.25) is 0 Å².